The lowest BCUT2D eigenvalue weighted by molar-refractivity contribution is 0.402. The van der Waals surface area contributed by atoms with Crippen LogP contribution in [0, 0.1) is 5.92 Å². The summed E-state index contributed by atoms with van der Waals surface area (Å²) >= 11 is 7.75. The van der Waals surface area contributed by atoms with Crippen LogP contribution in [0.25, 0.3) is 29.3 Å². The van der Waals surface area contributed by atoms with Gasteiger partial charge in [0.1, 0.15) is 0 Å². The Labute approximate surface area is 260 Å². The second kappa shape index (κ2) is 18.4. The number of thiophene rings is 4. The summed E-state index contributed by atoms with van der Waals surface area (Å²) in [5.74, 6) is 0.860. The van der Waals surface area contributed by atoms with Crippen molar-refractivity contribution >= 4 is 45.3 Å². The molecule has 0 nitrogen and oxygen atoms in total. The molecular formula is C36H50S4. The third-order valence-corrected chi connectivity index (χ3v) is 12.8. The van der Waals surface area contributed by atoms with Gasteiger partial charge in [-0.25, -0.2) is 0 Å². The highest BCUT2D eigenvalue weighted by molar-refractivity contribution is 7.28. The summed E-state index contributed by atoms with van der Waals surface area (Å²) < 4.78 is 0. The molecule has 1 unspecified atom stereocenters. The van der Waals surface area contributed by atoms with Crippen LogP contribution in [0.15, 0.2) is 53.9 Å². The molecule has 0 aliphatic carbocycles. The zero-order valence-electron chi connectivity index (χ0n) is 24.9. The fraction of sp³-hybridized carbons (Fsp3) is 0.556. The van der Waals surface area contributed by atoms with Gasteiger partial charge in [0.05, 0.1) is 0 Å². The number of hydrogen-bond donors (Lipinski definition) is 0. The van der Waals surface area contributed by atoms with Gasteiger partial charge < -0.3 is 0 Å². The van der Waals surface area contributed by atoms with Gasteiger partial charge in [-0.2, -0.15) is 0 Å². The van der Waals surface area contributed by atoms with Crippen molar-refractivity contribution in [1.82, 2.24) is 0 Å². The highest BCUT2D eigenvalue weighted by Gasteiger charge is 2.14. The Morgan fingerprint density at radius 1 is 0.475 bits per heavy atom. The first kappa shape index (κ1) is 31.7. The number of rotatable bonds is 21. The maximum Gasteiger partial charge on any atom is 0.0449 e. The Kier molecular flexibility index (Phi) is 14.6. The van der Waals surface area contributed by atoms with Gasteiger partial charge in [0.15, 0.2) is 0 Å². The number of hydrogen-bond acceptors (Lipinski definition) is 4. The van der Waals surface area contributed by atoms with Crippen molar-refractivity contribution in [2.24, 2.45) is 5.92 Å². The Morgan fingerprint density at radius 3 is 1.43 bits per heavy atom. The van der Waals surface area contributed by atoms with Crippen molar-refractivity contribution in [2.75, 3.05) is 0 Å². The Hall–Kier alpha value is -1.20. The van der Waals surface area contributed by atoms with Crippen molar-refractivity contribution in [1.29, 1.82) is 0 Å². The standard InChI is InChI=1S/C36H50S4/c1-3-5-7-9-11-12-14-16-19-29(18-15-13-10-8-6-4-2)28-30-21-22-33(38-30)34-25-26-36(40-34)35-24-23-32(39-35)31-20-17-27-37-31/h17,20-27,29H,3-16,18-19,28H2,1-2H3. The molecule has 0 saturated carbocycles. The van der Waals surface area contributed by atoms with Gasteiger partial charge in [0, 0.05) is 34.1 Å². The van der Waals surface area contributed by atoms with Gasteiger partial charge >= 0.3 is 0 Å². The van der Waals surface area contributed by atoms with E-state index >= 15 is 0 Å². The van der Waals surface area contributed by atoms with Crippen LogP contribution in [-0.2, 0) is 6.42 Å². The molecule has 0 bridgehead atoms. The molecule has 4 aromatic heterocycles. The zero-order chi connectivity index (χ0) is 27.8. The lowest BCUT2D eigenvalue weighted by Crippen LogP contribution is -2.04. The molecule has 0 N–H and O–H groups in total. The maximum atomic E-state index is 2.43. The van der Waals surface area contributed by atoms with E-state index in [2.05, 4.69) is 67.8 Å². The molecule has 0 amide bonds. The predicted molar refractivity (Wildman–Crippen MR) is 187 cm³/mol. The van der Waals surface area contributed by atoms with Gasteiger partial charge in [-0.1, -0.05) is 123 Å². The van der Waals surface area contributed by atoms with Crippen molar-refractivity contribution < 1.29 is 0 Å². The molecule has 0 aliphatic heterocycles. The molecule has 4 heteroatoms. The molecule has 0 radical (unpaired) electrons. The zero-order valence-corrected chi connectivity index (χ0v) is 28.2. The quantitative estimate of drug-likeness (QED) is 0.0823. The average molecular weight is 611 g/mol. The SMILES string of the molecule is CCCCCCCCCCC(CCCCCCCC)Cc1ccc(-c2ccc(-c3ccc(-c4cccs4)s3)s2)s1. The van der Waals surface area contributed by atoms with Crippen LogP contribution in [0.1, 0.15) is 121 Å². The van der Waals surface area contributed by atoms with Crippen LogP contribution < -0.4 is 0 Å². The normalized spacial score (nSPS) is 12.3. The molecule has 1 atom stereocenters. The Balaban J connectivity index is 1.29. The molecular weight excluding hydrogens is 561 g/mol. The minimum Gasteiger partial charge on any atom is -0.143 e. The summed E-state index contributed by atoms with van der Waals surface area (Å²) in [5, 5.41) is 2.17. The van der Waals surface area contributed by atoms with E-state index in [0.717, 1.165) is 5.92 Å². The summed E-state index contributed by atoms with van der Waals surface area (Å²) in [6.07, 6.45) is 24.0. The largest absolute Gasteiger partial charge is 0.143 e. The van der Waals surface area contributed by atoms with E-state index in [4.69, 9.17) is 0 Å². The van der Waals surface area contributed by atoms with E-state index in [1.165, 1.54) is 138 Å². The second-order valence-electron chi connectivity index (χ2n) is 11.5. The highest BCUT2D eigenvalue weighted by atomic mass is 32.1. The molecule has 218 valence electrons. The molecule has 4 rings (SSSR count). The number of unbranched alkanes of at least 4 members (excludes halogenated alkanes) is 12. The fourth-order valence-electron chi connectivity index (χ4n) is 5.66. The molecule has 0 aromatic carbocycles. The first-order valence-electron chi connectivity index (χ1n) is 16.1. The summed E-state index contributed by atoms with van der Waals surface area (Å²) in [6, 6.07) is 18.4. The third-order valence-electron chi connectivity index (χ3n) is 8.05. The van der Waals surface area contributed by atoms with Crippen molar-refractivity contribution in [2.45, 2.75) is 123 Å². The van der Waals surface area contributed by atoms with Gasteiger partial charge in [0.2, 0.25) is 0 Å². The Morgan fingerprint density at radius 2 is 0.925 bits per heavy atom. The predicted octanol–water partition coefficient (Wildman–Crippen LogP) is 14.4. The van der Waals surface area contributed by atoms with Crippen LogP contribution in [0.3, 0.4) is 0 Å². The van der Waals surface area contributed by atoms with E-state index in [9.17, 15) is 0 Å². The third kappa shape index (κ3) is 10.6. The van der Waals surface area contributed by atoms with Crippen molar-refractivity contribution in [3.05, 3.63) is 58.8 Å². The molecule has 0 saturated heterocycles. The van der Waals surface area contributed by atoms with E-state index in [0.29, 0.717) is 0 Å². The second-order valence-corrected chi connectivity index (χ2v) is 15.7. The van der Waals surface area contributed by atoms with Crippen LogP contribution in [-0.4, -0.2) is 0 Å². The van der Waals surface area contributed by atoms with Crippen LogP contribution >= 0.6 is 45.3 Å². The molecule has 0 fully saturated rings. The topological polar surface area (TPSA) is 0 Å². The van der Waals surface area contributed by atoms with E-state index in [1.807, 2.05) is 45.3 Å². The molecule has 40 heavy (non-hydrogen) atoms. The average Bonchev–Trinajstić information content (AvgIpc) is 3.78. The molecule has 0 spiro atoms. The summed E-state index contributed by atoms with van der Waals surface area (Å²) in [5.41, 5.74) is 0. The molecule has 4 heterocycles. The lowest BCUT2D eigenvalue weighted by Gasteiger charge is -2.16. The van der Waals surface area contributed by atoms with Gasteiger partial charge in [0.25, 0.3) is 0 Å². The van der Waals surface area contributed by atoms with Crippen LogP contribution in [0.5, 0.6) is 0 Å². The maximum absolute atomic E-state index is 2.43. The lowest BCUT2D eigenvalue weighted by atomic mass is 9.91. The van der Waals surface area contributed by atoms with Crippen LogP contribution in [0.4, 0.5) is 0 Å². The monoisotopic (exact) mass is 610 g/mol. The van der Waals surface area contributed by atoms with Crippen molar-refractivity contribution in [3.8, 4) is 29.3 Å². The first-order valence-corrected chi connectivity index (χ1v) is 19.4. The molecule has 0 aliphatic rings. The smallest absolute Gasteiger partial charge is 0.0449 e. The summed E-state index contributed by atoms with van der Waals surface area (Å²) in [4.78, 5) is 10.0. The van der Waals surface area contributed by atoms with Crippen molar-refractivity contribution in [3.63, 3.8) is 0 Å². The first-order chi connectivity index (χ1) is 19.8. The van der Waals surface area contributed by atoms with E-state index in [1.54, 1.807) is 4.88 Å². The van der Waals surface area contributed by atoms with Gasteiger partial charge in [-0.3, -0.25) is 0 Å². The Bertz CT molecular complexity index is 1180. The van der Waals surface area contributed by atoms with Gasteiger partial charge in [-0.15, -0.1) is 45.3 Å². The van der Waals surface area contributed by atoms with E-state index in [-0.39, 0.29) is 0 Å². The summed E-state index contributed by atoms with van der Waals surface area (Å²) in [7, 11) is 0. The highest BCUT2D eigenvalue weighted by Crippen LogP contribution is 2.42. The van der Waals surface area contributed by atoms with Crippen LogP contribution in [0.2, 0.25) is 0 Å². The van der Waals surface area contributed by atoms with Gasteiger partial charge in [-0.05, 0) is 60.2 Å². The fourth-order valence-corrected chi connectivity index (χ4v) is 9.81. The molecule has 4 aromatic rings. The minimum atomic E-state index is 0.860. The van der Waals surface area contributed by atoms with E-state index < -0.39 is 0 Å². The minimum absolute atomic E-state index is 0.860. The summed E-state index contributed by atoms with van der Waals surface area (Å²) in [6.45, 7) is 4.63.